The van der Waals surface area contributed by atoms with E-state index in [1.807, 2.05) is 102 Å². The molecule has 4 aromatic carbocycles. The van der Waals surface area contributed by atoms with E-state index in [-0.39, 0.29) is 29.0 Å². The number of anilines is 3. The van der Waals surface area contributed by atoms with E-state index < -0.39 is 0 Å². The molecule has 0 saturated heterocycles. The van der Waals surface area contributed by atoms with Gasteiger partial charge < -0.3 is 10.6 Å². The fraction of sp³-hybridized carbons (Fsp3) is 0.0968. The van der Waals surface area contributed by atoms with Crippen molar-refractivity contribution in [3.05, 3.63) is 115 Å². The molecule has 6 rings (SSSR count). The van der Waals surface area contributed by atoms with E-state index >= 15 is 0 Å². The van der Waals surface area contributed by atoms with Crippen LogP contribution in [-0.2, 0) is 4.79 Å². The van der Waals surface area contributed by atoms with E-state index in [0.29, 0.717) is 5.69 Å². The average Bonchev–Trinajstić information content (AvgIpc) is 2.95. The molecule has 38 heavy (non-hydrogen) atoms. The van der Waals surface area contributed by atoms with Crippen LogP contribution in [0.4, 0.5) is 21.9 Å². The predicted octanol–water partition coefficient (Wildman–Crippen LogP) is 7.58. The van der Waals surface area contributed by atoms with Crippen molar-refractivity contribution < 1.29 is 9.59 Å². The number of hydrogen-bond acceptors (Lipinski definition) is 4. The number of urea groups is 1. The Balaban J connectivity index is 1.13. The Morgan fingerprint density at radius 3 is 2.58 bits per heavy atom. The summed E-state index contributed by atoms with van der Waals surface area (Å²) in [6.45, 7) is 0. The van der Waals surface area contributed by atoms with Crippen molar-refractivity contribution >= 4 is 63.3 Å². The second-order valence-electron chi connectivity index (χ2n) is 9.00. The molecule has 188 valence electrons. The molecule has 1 heterocycles. The van der Waals surface area contributed by atoms with Gasteiger partial charge in [0.25, 0.3) is 0 Å². The number of amides is 3. The largest absolute Gasteiger partial charge is 0.326 e. The maximum Gasteiger partial charge on any atom is 0.326 e. The molecular weight excluding hydrogens is 510 g/mol. The molecule has 1 aliphatic carbocycles. The van der Waals surface area contributed by atoms with Crippen LogP contribution < -0.4 is 15.5 Å². The highest BCUT2D eigenvalue weighted by atomic mass is 32.2. The Bertz CT molecular complexity index is 1580. The van der Waals surface area contributed by atoms with Gasteiger partial charge in [0.05, 0.1) is 22.7 Å². The maximum atomic E-state index is 13.5. The summed E-state index contributed by atoms with van der Waals surface area (Å²) >= 11 is 3.22. The lowest BCUT2D eigenvalue weighted by Gasteiger charge is -2.40. The van der Waals surface area contributed by atoms with Gasteiger partial charge in [0, 0.05) is 26.6 Å². The molecule has 2 aliphatic rings. The third-order valence-electron chi connectivity index (χ3n) is 6.48. The van der Waals surface area contributed by atoms with Gasteiger partial charge in [-0.15, -0.1) is 23.5 Å². The summed E-state index contributed by atoms with van der Waals surface area (Å²) in [5.41, 5.74) is 2.41. The molecule has 0 radical (unpaired) electrons. The maximum absolute atomic E-state index is 13.5. The van der Waals surface area contributed by atoms with Gasteiger partial charge in [-0.3, -0.25) is 9.69 Å². The molecule has 0 fully saturated rings. The lowest BCUT2D eigenvalue weighted by atomic mass is 10.1. The van der Waals surface area contributed by atoms with Crippen molar-refractivity contribution in [2.24, 2.45) is 0 Å². The summed E-state index contributed by atoms with van der Waals surface area (Å²) in [7, 11) is 0. The first-order chi connectivity index (χ1) is 18.7. The third-order valence-corrected chi connectivity index (χ3v) is 8.78. The number of hydrogen-bond donors (Lipinski definition) is 2. The van der Waals surface area contributed by atoms with Crippen LogP contribution in [0.15, 0.2) is 125 Å². The minimum atomic E-state index is -0.177. The first-order valence-corrected chi connectivity index (χ1v) is 14.2. The minimum Gasteiger partial charge on any atom is -0.325 e. The number of benzene rings is 4. The molecule has 2 atom stereocenters. The smallest absolute Gasteiger partial charge is 0.325 e. The molecule has 1 aliphatic heterocycles. The van der Waals surface area contributed by atoms with Crippen molar-refractivity contribution in [3.8, 4) is 0 Å². The number of carbonyl (C=O) groups excluding carboxylic acids is 2. The molecule has 0 saturated carbocycles. The lowest BCUT2D eigenvalue weighted by molar-refractivity contribution is -0.113. The Labute approximate surface area is 230 Å². The Kier molecular flexibility index (Phi) is 6.94. The Hall–Kier alpha value is -3.94. The predicted molar refractivity (Wildman–Crippen MR) is 159 cm³/mol. The van der Waals surface area contributed by atoms with E-state index in [1.165, 1.54) is 11.8 Å². The van der Waals surface area contributed by atoms with Crippen molar-refractivity contribution in [2.45, 2.75) is 21.1 Å². The molecule has 4 aromatic rings. The van der Waals surface area contributed by atoms with Crippen LogP contribution in [0.5, 0.6) is 0 Å². The van der Waals surface area contributed by atoms with Crippen LogP contribution >= 0.6 is 23.5 Å². The summed E-state index contributed by atoms with van der Waals surface area (Å²) < 4.78 is 0. The van der Waals surface area contributed by atoms with Gasteiger partial charge in [-0.1, -0.05) is 78.9 Å². The van der Waals surface area contributed by atoms with E-state index in [2.05, 4.69) is 28.9 Å². The Morgan fingerprint density at radius 2 is 1.63 bits per heavy atom. The monoisotopic (exact) mass is 535 g/mol. The molecule has 0 spiro atoms. The number of thioether (sulfide) groups is 2. The van der Waals surface area contributed by atoms with E-state index in [4.69, 9.17) is 0 Å². The molecule has 5 nitrogen and oxygen atoms in total. The number of carbonyl (C=O) groups is 2. The highest BCUT2D eigenvalue weighted by molar-refractivity contribution is 8.00. The first kappa shape index (κ1) is 24.4. The zero-order valence-electron chi connectivity index (χ0n) is 20.4. The number of allylic oxidation sites excluding steroid dienone is 2. The van der Waals surface area contributed by atoms with Crippen molar-refractivity contribution in [1.29, 1.82) is 0 Å². The fourth-order valence-electron chi connectivity index (χ4n) is 4.74. The van der Waals surface area contributed by atoms with Crippen molar-refractivity contribution in [3.63, 3.8) is 0 Å². The van der Waals surface area contributed by atoms with Gasteiger partial charge in [-0.05, 0) is 41.8 Å². The number of rotatable bonds is 5. The molecule has 7 heteroatoms. The van der Waals surface area contributed by atoms with Crippen LogP contribution in [0.3, 0.4) is 0 Å². The zero-order chi connectivity index (χ0) is 25.9. The van der Waals surface area contributed by atoms with Crippen LogP contribution in [0.2, 0.25) is 0 Å². The highest BCUT2D eigenvalue weighted by Crippen LogP contribution is 2.43. The summed E-state index contributed by atoms with van der Waals surface area (Å²) in [5, 5.41) is 8.38. The number of nitrogens with one attached hydrogen (secondary N) is 2. The van der Waals surface area contributed by atoms with Crippen LogP contribution in [-0.4, -0.2) is 29.0 Å². The second-order valence-corrected chi connectivity index (χ2v) is 11.3. The average molecular weight is 536 g/mol. The molecule has 0 aromatic heterocycles. The summed E-state index contributed by atoms with van der Waals surface area (Å²) in [4.78, 5) is 30.1. The summed E-state index contributed by atoms with van der Waals surface area (Å²) in [6.07, 6.45) is 8.26. The van der Waals surface area contributed by atoms with Crippen molar-refractivity contribution in [1.82, 2.24) is 0 Å². The van der Waals surface area contributed by atoms with Gasteiger partial charge in [0.1, 0.15) is 0 Å². The van der Waals surface area contributed by atoms with Gasteiger partial charge in [-0.2, -0.15) is 0 Å². The minimum absolute atomic E-state index is 0.0600. The zero-order valence-corrected chi connectivity index (χ0v) is 22.0. The normalized spacial score (nSPS) is 17.5. The van der Waals surface area contributed by atoms with Gasteiger partial charge >= 0.3 is 6.03 Å². The van der Waals surface area contributed by atoms with Gasteiger partial charge in [0.15, 0.2) is 0 Å². The van der Waals surface area contributed by atoms with Crippen LogP contribution in [0, 0.1) is 0 Å². The third kappa shape index (κ3) is 5.08. The highest BCUT2D eigenvalue weighted by Gasteiger charge is 2.36. The van der Waals surface area contributed by atoms with E-state index in [1.54, 1.807) is 11.8 Å². The quantitative estimate of drug-likeness (QED) is 0.259. The lowest BCUT2D eigenvalue weighted by Crippen LogP contribution is -2.49. The van der Waals surface area contributed by atoms with Crippen LogP contribution in [0.1, 0.15) is 0 Å². The second kappa shape index (κ2) is 10.8. The Morgan fingerprint density at radius 1 is 0.842 bits per heavy atom. The van der Waals surface area contributed by atoms with Gasteiger partial charge in [-0.25, -0.2) is 4.79 Å². The SMILES string of the molecule is O=C(CSc1cccc(NC(=O)N2c3ccccc3SC3C=CC=CC32)c1)Nc1cccc2ccccc12. The molecule has 3 amide bonds. The van der Waals surface area contributed by atoms with Gasteiger partial charge in [0.2, 0.25) is 5.91 Å². The van der Waals surface area contributed by atoms with Crippen molar-refractivity contribution in [2.75, 3.05) is 21.3 Å². The molecule has 2 unspecified atom stereocenters. The first-order valence-electron chi connectivity index (χ1n) is 12.4. The fourth-order valence-corrected chi connectivity index (χ4v) is 6.76. The topological polar surface area (TPSA) is 61.4 Å². The standard InChI is InChI=1S/C31H25N3O2S2/c35-30(33-25-14-7-10-21-9-1-2-13-24(21)25)20-37-23-12-8-11-22(19-23)32-31(36)34-26-15-3-5-17-28(26)38-29-18-6-4-16-27(29)34/h1-19,26,28H,20H2,(H,32,36)(H,33,35). The number of nitrogens with zero attached hydrogens (tertiary/aromatic N) is 1. The summed E-state index contributed by atoms with van der Waals surface area (Å²) in [6, 6.07) is 29.3. The van der Waals surface area contributed by atoms with Crippen LogP contribution in [0.25, 0.3) is 10.8 Å². The number of para-hydroxylation sites is 1. The number of fused-ring (bicyclic) bond motifs is 3. The molecule has 2 N–H and O–H groups in total. The molecular formula is C31H25N3O2S2. The van der Waals surface area contributed by atoms with E-state index in [9.17, 15) is 9.59 Å². The summed E-state index contributed by atoms with van der Waals surface area (Å²) in [5.74, 6) is 0.185. The molecule has 0 bridgehead atoms. The van der Waals surface area contributed by atoms with E-state index in [0.717, 1.165) is 31.9 Å².